The van der Waals surface area contributed by atoms with Gasteiger partial charge in [0.05, 0.1) is 23.9 Å². The van der Waals surface area contributed by atoms with Gasteiger partial charge in [-0.25, -0.2) is 0 Å². The lowest BCUT2D eigenvalue weighted by atomic mass is 10.1. The number of rotatable bonds is 3. The van der Waals surface area contributed by atoms with Crippen LogP contribution in [0.15, 0.2) is 48.5 Å². The zero-order chi connectivity index (χ0) is 15.5. The highest BCUT2D eigenvalue weighted by Crippen LogP contribution is 2.32. The van der Waals surface area contributed by atoms with Crippen LogP contribution in [0.2, 0.25) is 0 Å². The van der Waals surface area contributed by atoms with E-state index in [1.807, 2.05) is 0 Å². The Morgan fingerprint density at radius 3 is 2.33 bits per heavy atom. The van der Waals surface area contributed by atoms with Crippen molar-refractivity contribution in [1.82, 2.24) is 0 Å². The fraction of sp³-hybridized carbons (Fsp3) is 0.133. The predicted molar refractivity (Wildman–Crippen MR) is 72.4 cm³/mol. The van der Waals surface area contributed by atoms with Gasteiger partial charge in [0, 0.05) is 0 Å². The van der Waals surface area contributed by atoms with Crippen LogP contribution in [0, 0.1) is 0 Å². The van der Waals surface area contributed by atoms with E-state index >= 15 is 0 Å². The molecule has 1 N–H and O–H groups in total. The van der Waals surface area contributed by atoms with Crippen LogP contribution in [0.1, 0.15) is 15.9 Å². The number of benzene rings is 2. The van der Waals surface area contributed by atoms with Crippen LogP contribution in [0.3, 0.4) is 0 Å². The van der Waals surface area contributed by atoms with Crippen molar-refractivity contribution in [3.8, 4) is 5.75 Å². The molecular weight excluding hydrogens is 283 g/mol. The third kappa shape index (κ3) is 3.34. The zero-order valence-electron chi connectivity index (χ0n) is 11.1. The molecule has 0 aromatic heterocycles. The summed E-state index contributed by atoms with van der Waals surface area (Å²) in [5.74, 6) is -0.470. The molecule has 0 radical (unpaired) electrons. The minimum Gasteiger partial charge on any atom is -0.495 e. The fourth-order valence-corrected chi connectivity index (χ4v) is 1.87. The van der Waals surface area contributed by atoms with E-state index < -0.39 is 23.2 Å². The third-order valence-electron chi connectivity index (χ3n) is 2.83. The largest absolute Gasteiger partial charge is 0.495 e. The molecule has 0 spiro atoms. The van der Waals surface area contributed by atoms with Crippen molar-refractivity contribution in [2.45, 2.75) is 6.18 Å². The number of carbonyl (C=O) groups excluding carboxylic acids is 1. The molecule has 2 rings (SSSR count). The van der Waals surface area contributed by atoms with E-state index in [0.717, 1.165) is 12.1 Å². The lowest BCUT2D eigenvalue weighted by Gasteiger charge is -2.14. The summed E-state index contributed by atoms with van der Waals surface area (Å²) in [6.45, 7) is 0. The van der Waals surface area contributed by atoms with Gasteiger partial charge in [-0.15, -0.1) is 0 Å². The van der Waals surface area contributed by atoms with E-state index in [2.05, 4.69) is 5.32 Å². The number of hydrogen-bond donors (Lipinski definition) is 1. The molecule has 21 heavy (non-hydrogen) atoms. The number of para-hydroxylation sites is 2. The summed E-state index contributed by atoms with van der Waals surface area (Å²) in [6, 6.07) is 11.1. The topological polar surface area (TPSA) is 38.3 Å². The Labute approximate surface area is 119 Å². The maximum absolute atomic E-state index is 12.9. The molecule has 0 saturated heterocycles. The molecule has 0 saturated carbocycles. The van der Waals surface area contributed by atoms with Crippen molar-refractivity contribution < 1.29 is 22.7 Å². The number of alkyl halides is 3. The number of hydrogen-bond acceptors (Lipinski definition) is 2. The lowest BCUT2D eigenvalue weighted by molar-refractivity contribution is -0.137. The van der Waals surface area contributed by atoms with Crippen LogP contribution >= 0.6 is 0 Å². The minimum atomic E-state index is -4.59. The average molecular weight is 295 g/mol. The van der Waals surface area contributed by atoms with Gasteiger partial charge in [0.1, 0.15) is 5.75 Å². The van der Waals surface area contributed by atoms with Crippen molar-refractivity contribution in [2.24, 2.45) is 0 Å². The summed E-state index contributed by atoms with van der Waals surface area (Å²) < 4.78 is 43.7. The molecular formula is C15H12F3NO2. The molecule has 0 aliphatic carbocycles. The van der Waals surface area contributed by atoms with Crippen molar-refractivity contribution in [1.29, 1.82) is 0 Å². The first kappa shape index (κ1) is 14.9. The number of halogens is 3. The first-order valence-electron chi connectivity index (χ1n) is 6.04. The van der Waals surface area contributed by atoms with Crippen LogP contribution in [-0.2, 0) is 6.18 Å². The molecule has 0 heterocycles. The van der Waals surface area contributed by atoms with Crippen molar-refractivity contribution >= 4 is 11.6 Å². The van der Waals surface area contributed by atoms with E-state index in [1.165, 1.54) is 19.2 Å². The highest BCUT2D eigenvalue weighted by Gasteiger charge is 2.34. The van der Waals surface area contributed by atoms with Gasteiger partial charge in [-0.3, -0.25) is 4.79 Å². The molecule has 0 bridgehead atoms. The summed E-state index contributed by atoms with van der Waals surface area (Å²) in [5, 5.41) is 2.43. The van der Waals surface area contributed by atoms with Crippen LogP contribution < -0.4 is 10.1 Å². The van der Waals surface area contributed by atoms with E-state index in [-0.39, 0.29) is 0 Å². The lowest BCUT2D eigenvalue weighted by Crippen LogP contribution is -2.18. The molecule has 1 amide bonds. The van der Waals surface area contributed by atoms with Gasteiger partial charge in [-0.05, 0) is 24.3 Å². The first-order chi connectivity index (χ1) is 9.93. The summed E-state index contributed by atoms with van der Waals surface area (Å²) >= 11 is 0. The van der Waals surface area contributed by atoms with E-state index in [1.54, 1.807) is 24.3 Å². The second-order valence-electron chi connectivity index (χ2n) is 4.20. The van der Waals surface area contributed by atoms with Gasteiger partial charge in [0.15, 0.2) is 0 Å². The molecule has 110 valence electrons. The van der Waals surface area contributed by atoms with Gasteiger partial charge in [-0.1, -0.05) is 24.3 Å². The Bertz CT molecular complexity index is 653. The van der Waals surface area contributed by atoms with Gasteiger partial charge < -0.3 is 10.1 Å². The monoisotopic (exact) mass is 295 g/mol. The summed E-state index contributed by atoms with van der Waals surface area (Å²) in [7, 11) is 1.41. The SMILES string of the molecule is COc1ccccc1NC(=O)c1ccccc1C(F)(F)F. The van der Waals surface area contributed by atoms with Gasteiger partial charge in [0.2, 0.25) is 0 Å². The van der Waals surface area contributed by atoms with Crippen molar-refractivity contribution in [2.75, 3.05) is 12.4 Å². The molecule has 6 heteroatoms. The van der Waals surface area contributed by atoms with Crippen LogP contribution in [0.4, 0.5) is 18.9 Å². The normalized spacial score (nSPS) is 11.0. The minimum absolute atomic E-state index is 0.307. The molecule has 0 fully saturated rings. The van der Waals surface area contributed by atoms with Gasteiger partial charge in [-0.2, -0.15) is 13.2 Å². The highest BCUT2D eigenvalue weighted by molar-refractivity contribution is 6.06. The molecule has 0 unspecified atom stereocenters. The number of amides is 1. The number of anilines is 1. The maximum Gasteiger partial charge on any atom is 0.417 e. The average Bonchev–Trinajstić information content (AvgIpc) is 2.47. The molecule has 2 aromatic carbocycles. The number of methoxy groups -OCH3 is 1. The summed E-state index contributed by atoms with van der Waals surface area (Å²) in [5.41, 5.74) is -1.10. The molecule has 3 nitrogen and oxygen atoms in total. The molecule has 0 aliphatic heterocycles. The van der Waals surface area contributed by atoms with Gasteiger partial charge >= 0.3 is 6.18 Å². The highest BCUT2D eigenvalue weighted by atomic mass is 19.4. The van der Waals surface area contributed by atoms with Crippen molar-refractivity contribution in [3.63, 3.8) is 0 Å². The van der Waals surface area contributed by atoms with E-state index in [0.29, 0.717) is 11.4 Å². The fourth-order valence-electron chi connectivity index (χ4n) is 1.87. The Morgan fingerprint density at radius 1 is 1.05 bits per heavy atom. The zero-order valence-corrected chi connectivity index (χ0v) is 11.1. The summed E-state index contributed by atoms with van der Waals surface area (Å²) in [4.78, 5) is 12.1. The molecule has 2 aromatic rings. The number of ether oxygens (including phenoxy) is 1. The smallest absolute Gasteiger partial charge is 0.417 e. The predicted octanol–water partition coefficient (Wildman–Crippen LogP) is 3.97. The third-order valence-corrected chi connectivity index (χ3v) is 2.83. The number of nitrogens with one attached hydrogen (secondary N) is 1. The van der Waals surface area contributed by atoms with Crippen LogP contribution in [0.5, 0.6) is 5.75 Å². The van der Waals surface area contributed by atoms with Gasteiger partial charge in [0.25, 0.3) is 5.91 Å². The second-order valence-corrected chi connectivity index (χ2v) is 4.20. The Morgan fingerprint density at radius 2 is 1.67 bits per heavy atom. The van der Waals surface area contributed by atoms with Crippen LogP contribution in [-0.4, -0.2) is 13.0 Å². The van der Waals surface area contributed by atoms with E-state index in [4.69, 9.17) is 4.74 Å². The molecule has 0 aliphatic rings. The molecule has 0 atom stereocenters. The Kier molecular flexibility index (Phi) is 4.16. The summed E-state index contributed by atoms with van der Waals surface area (Å²) in [6.07, 6.45) is -4.59. The van der Waals surface area contributed by atoms with Crippen LogP contribution in [0.25, 0.3) is 0 Å². The van der Waals surface area contributed by atoms with E-state index in [9.17, 15) is 18.0 Å². The quantitative estimate of drug-likeness (QED) is 0.930. The number of carbonyl (C=O) groups is 1. The maximum atomic E-state index is 12.9. The Hall–Kier alpha value is -2.50. The first-order valence-corrected chi connectivity index (χ1v) is 6.04. The second kappa shape index (κ2) is 5.87. The standard InChI is InChI=1S/C15H12F3NO2/c1-21-13-9-5-4-8-12(13)19-14(20)10-6-2-3-7-11(10)15(16,17)18/h2-9H,1H3,(H,19,20). The Balaban J connectivity index is 2.34. The van der Waals surface area contributed by atoms with Crippen molar-refractivity contribution in [3.05, 3.63) is 59.7 Å².